The van der Waals surface area contributed by atoms with Gasteiger partial charge < -0.3 is 29.1 Å². The van der Waals surface area contributed by atoms with Crippen LogP contribution in [0.3, 0.4) is 0 Å². The van der Waals surface area contributed by atoms with Crippen molar-refractivity contribution >= 4 is 92.2 Å². The Morgan fingerprint density at radius 3 is 2.11 bits per heavy atom. The van der Waals surface area contributed by atoms with Crippen molar-refractivity contribution in [1.29, 1.82) is 0 Å². The zero-order valence-electron chi connectivity index (χ0n) is 48.2. The number of ketones is 2. The van der Waals surface area contributed by atoms with E-state index in [4.69, 9.17) is 40.5 Å². The summed E-state index contributed by atoms with van der Waals surface area (Å²) in [6, 6.07) is 46.5. The number of rotatable bonds is 24. The minimum Gasteiger partial charge on any atom is -0.497 e. The Hall–Kier alpha value is -8.89. The number of Topliss-reactive ketones (excluding diaryl/α,β-unsaturated/α-hetero) is 2. The van der Waals surface area contributed by atoms with Gasteiger partial charge in [0, 0.05) is 39.5 Å². The molecule has 6 aromatic carbocycles. The zero-order chi connectivity index (χ0) is 60.8. The number of amides is 2. The molecular weight excluding hydrogens is 1180 g/mol. The van der Waals surface area contributed by atoms with Crippen molar-refractivity contribution in [1.82, 2.24) is 35.4 Å². The first-order chi connectivity index (χ1) is 42.2. The summed E-state index contributed by atoms with van der Waals surface area (Å²) in [6.07, 6.45) is 1.88. The van der Waals surface area contributed by atoms with Gasteiger partial charge in [0.2, 0.25) is 23.7 Å². The largest absolute Gasteiger partial charge is 0.497 e. The third kappa shape index (κ3) is 13.1. The molecule has 0 bridgehead atoms. The van der Waals surface area contributed by atoms with Gasteiger partial charge in [-0.2, -0.15) is 9.36 Å². The standard InChI is InChI=1S/C65H58ClN9O9S3/c1-39(76)65(3,4)84-71-56(50-38-85-40(2)67-50)62(78)68-57-63(79)74-59(61-69-72-75(70-61)58(43-15-9-7-10-16-43)44-17-11-8-12-18-44)45(37-87-64(57)74)36-86-54-31-32-73(51-20-14-13-19-48(51)54)33-52(77)49-29-30-53(82-34-41-21-25-46(80-5)26-22-41)60(55(49)66)83-35-42-23-27-47(81-6)28-24-42/h7-32,38,57-58,64H,33-37H2,1-6H3/p+1/b71-56-/t57-,64-/m1/s1. The molecule has 87 heavy (non-hydrogen) atoms. The zero-order valence-corrected chi connectivity index (χ0v) is 51.4. The van der Waals surface area contributed by atoms with Crippen molar-refractivity contribution in [3.8, 4) is 23.0 Å². The Morgan fingerprint density at radius 2 is 1.48 bits per heavy atom. The molecule has 2 aliphatic rings. The normalized spacial score (nSPS) is 15.0. The average Bonchev–Trinajstić information content (AvgIpc) is 1.64. The van der Waals surface area contributed by atoms with Gasteiger partial charge in [-0.1, -0.05) is 114 Å². The van der Waals surface area contributed by atoms with Gasteiger partial charge in [-0.05, 0) is 103 Å². The third-order valence-corrected chi connectivity index (χ3v) is 18.4. The molecule has 5 heterocycles. The molecule has 0 radical (unpaired) electrons. The summed E-state index contributed by atoms with van der Waals surface area (Å²) in [4.78, 5) is 70.1. The lowest BCUT2D eigenvalue weighted by atomic mass is 9.99. The van der Waals surface area contributed by atoms with Crippen LogP contribution < -0.4 is 28.8 Å². The molecule has 0 spiro atoms. The number of pyridine rings is 1. The number of thioether (sulfide) groups is 2. The molecule has 0 aliphatic carbocycles. The fourth-order valence-electron chi connectivity index (χ4n) is 9.77. The van der Waals surface area contributed by atoms with Gasteiger partial charge >= 0.3 is 0 Å². The summed E-state index contributed by atoms with van der Waals surface area (Å²) in [7, 11) is 3.22. The molecule has 11 rings (SSSR count). The van der Waals surface area contributed by atoms with Crippen LogP contribution in [0.5, 0.6) is 23.0 Å². The lowest BCUT2D eigenvalue weighted by Gasteiger charge is -2.49. The molecular formula is C65H59ClN9O9S3+. The van der Waals surface area contributed by atoms with Crippen LogP contribution in [-0.2, 0) is 39.0 Å². The number of aryl methyl sites for hydroxylation is 1. The van der Waals surface area contributed by atoms with Gasteiger partial charge in [-0.3, -0.25) is 24.1 Å². The number of β-lactam (4-membered cyclic amide) rings is 1. The summed E-state index contributed by atoms with van der Waals surface area (Å²) >= 11 is 11.6. The van der Waals surface area contributed by atoms with Gasteiger partial charge in [-0.15, -0.1) is 45.1 Å². The maximum absolute atomic E-state index is 14.7. The number of carbonyl (C=O) groups is 4. The number of para-hydroxylation sites is 1. The van der Waals surface area contributed by atoms with Crippen molar-refractivity contribution in [3.05, 3.63) is 218 Å². The van der Waals surface area contributed by atoms with Crippen molar-refractivity contribution in [2.75, 3.05) is 25.7 Å². The lowest BCUT2D eigenvalue weighted by Crippen LogP contribution is -2.70. The van der Waals surface area contributed by atoms with Crippen LogP contribution >= 0.6 is 46.5 Å². The van der Waals surface area contributed by atoms with E-state index >= 15 is 0 Å². The SMILES string of the molecule is COc1ccc(COc2ccc(C(=O)C[n+]3ccc(SCC4=C(c5nnn(C(c6ccccc6)c6ccccc6)n5)N5C(=O)[C@@H](NC(=O)/C(=N\OC(C)(C)C(C)=O)c6csc(C)n6)[C@H]5SC4)c4ccccc43)c(Cl)c2OCc2ccc(OC)cc2)cc1. The van der Waals surface area contributed by atoms with Gasteiger partial charge in [-0.25, -0.2) is 4.98 Å². The van der Waals surface area contributed by atoms with Crippen LogP contribution in [0.1, 0.15) is 76.0 Å². The van der Waals surface area contributed by atoms with E-state index in [1.807, 2.05) is 150 Å². The second-order valence-electron chi connectivity index (χ2n) is 20.9. The number of halogens is 1. The van der Waals surface area contributed by atoms with E-state index in [1.54, 1.807) is 74.0 Å². The van der Waals surface area contributed by atoms with Crippen LogP contribution in [0.25, 0.3) is 16.6 Å². The lowest BCUT2D eigenvalue weighted by molar-refractivity contribution is -0.657. The summed E-state index contributed by atoms with van der Waals surface area (Å²) in [5.74, 6) is 1.50. The fraction of sp³-hybridized carbons (Fsp3) is 0.231. The number of aromatic nitrogens is 6. The molecule has 1 saturated heterocycles. The van der Waals surface area contributed by atoms with E-state index in [0.717, 1.165) is 49.4 Å². The highest BCUT2D eigenvalue weighted by Gasteiger charge is 2.54. The van der Waals surface area contributed by atoms with E-state index in [-0.39, 0.29) is 64.9 Å². The minimum absolute atomic E-state index is 0.0499. The second kappa shape index (κ2) is 26.4. The maximum atomic E-state index is 14.7. The number of hydrogen-bond acceptors (Lipinski definition) is 17. The van der Waals surface area contributed by atoms with Gasteiger partial charge in [0.1, 0.15) is 47.9 Å². The highest BCUT2D eigenvalue weighted by Crippen LogP contribution is 2.45. The predicted molar refractivity (Wildman–Crippen MR) is 334 cm³/mol. The molecule has 1 fully saturated rings. The van der Waals surface area contributed by atoms with Gasteiger partial charge in [0.15, 0.2) is 34.8 Å². The molecule has 18 nitrogen and oxygen atoms in total. The number of thiazole rings is 1. The number of hydrogen-bond donors (Lipinski definition) is 1. The van der Waals surface area contributed by atoms with Crippen LogP contribution in [-0.4, -0.2) is 102 Å². The van der Waals surface area contributed by atoms with Crippen molar-refractivity contribution in [2.24, 2.45) is 5.16 Å². The molecule has 2 amide bonds. The Kier molecular flexibility index (Phi) is 18.1. The first-order valence-corrected chi connectivity index (χ1v) is 30.9. The minimum atomic E-state index is -1.33. The molecule has 1 N–H and O–H groups in total. The molecule has 2 aliphatic heterocycles. The first kappa shape index (κ1) is 59.8. The average molecular weight is 1240 g/mol. The van der Waals surface area contributed by atoms with E-state index < -0.39 is 34.9 Å². The van der Waals surface area contributed by atoms with Crippen LogP contribution in [0.4, 0.5) is 0 Å². The van der Waals surface area contributed by atoms with Crippen LogP contribution in [0.15, 0.2) is 179 Å². The number of nitrogens with zero attached hydrogens (tertiary/aromatic N) is 8. The molecule has 442 valence electrons. The Morgan fingerprint density at radius 1 is 0.839 bits per heavy atom. The Labute approximate surface area is 519 Å². The topological polar surface area (TPSA) is 202 Å². The van der Waals surface area contributed by atoms with Gasteiger partial charge in [0.05, 0.1) is 35.3 Å². The number of benzene rings is 6. The summed E-state index contributed by atoms with van der Waals surface area (Å²) in [5.41, 5.74) is 4.78. The van der Waals surface area contributed by atoms with E-state index in [9.17, 15) is 19.2 Å². The summed E-state index contributed by atoms with van der Waals surface area (Å²) in [6.45, 7) is 6.59. The van der Waals surface area contributed by atoms with Crippen molar-refractivity contribution in [2.45, 2.75) is 75.4 Å². The quantitative estimate of drug-likeness (QED) is 0.0149. The van der Waals surface area contributed by atoms with Crippen molar-refractivity contribution in [3.63, 3.8) is 0 Å². The van der Waals surface area contributed by atoms with Gasteiger partial charge in [0.25, 0.3) is 11.8 Å². The monoisotopic (exact) mass is 1240 g/mol. The van der Waals surface area contributed by atoms with Crippen LogP contribution in [0.2, 0.25) is 5.02 Å². The second-order valence-corrected chi connectivity index (χ2v) is 24.4. The number of tetrazole rings is 1. The summed E-state index contributed by atoms with van der Waals surface area (Å²) < 4.78 is 25.2. The highest BCUT2D eigenvalue weighted by molar-refractivity contribution is 8.01. The number of fused-ring (bicyclic) bond motifs is 2. The van der Waals surface area contributed by atoms with E-state index in [2.05, 4.69) is 25.8 Å². The number of ether oxygens (including phenoxy) is 4. The Balaban J connectivity index is 0.881. The third-order valence-electron chi connectivity index (χ3n) is 14.8. The molecule has 2 atom stereocenters. The highest BCUT2D eigenvalue weighted by atomic mass is 35.5. The van der Waals surface area contributed by atoms with Crippen LogP contribution in [0, 0.1) is 6.92 Å². The van der Waals surface area contributed by atoms with E-state index in [0.29, 0.717) is 33.7 Å². The number of oxime groups is 1. The fourth-order valence-corrected chi connectivity index (χ4v) is 13.2. The van der Waals surface area contributed by atoms with E-state index in [1.165, 1.54) is 30.0 Å². The van der Waals surface area contributed by atoms with Crippen molar-refractivity contribution < 1.29 is 47.5 Å². The molecule has 3 aromatic heterocycles. The maximum Gasteiger partial charge on any atom is 0.276 e. The molecule has 22 heteroatoms. The predicted octanol–water partition coefficient (Wildman–Crippen LogP) is 10.9. The molecule has 0 unspecified atom stereocenters. The Bertz CT molecular complexity index is 4050. The molecule has 0 saturated carbocycles. The number of carbonyl (C=O) groups excluding carboxylic acids is 4. The number of nitrogens with one attached hydrogen (secondary N) is 1. The molecule has 9 aromatic rings. The summed E-state index contributed by atoms with van der Waals surface area (Å²) in [5, 5.41) is 24.2. The smallest absolute Gasteiger partial charge is 0.276 e. The number of methoxy groups -OCH3 is 2. The first-order valence-electron chi connectivity index (χ1n) is 27.7.